The first-order valence-electron chi connectivity index (χ1n) is 9.63. The number of hydrogen-bond acceptors (Lipinski definition) is 6. The lowest BCUT2D eigenvalue weighted by atomic mass is 10.2. The molecule has 0 spiro atoms. The molecule has 2 N–H and O–H groups in total. The van der Waals surface area contributed by atoms with Crippen LogP contribution in [0, 0.1) is 10.1 Å². The van der Waals surface area contributed by atoms with Gasteiger partial charge >= 0.3 is 0 Å². The number of guanidine groups is 1. The number of nitrogens with zero attached hydrogens (tertiary/aromatic N) is 3. The van der Waals surface area contributed by atoms with E-state index in [0.29, 0.717) is 19.0 Å². The second kappa shape index (κ2) is 13.2. The van der Waals surface area contributed by atoms with E-state index in [1.54, 1.807) is 7.11 Å². The number of sulfonamides is 1. The van der Waals surface area contributed by atoms with E-state index in [4.69, 9.17) is 4.74 Å². The number of nitro groups is 1. The first-order chi connectivity index (χ1) is 14.8. The van der Waals surface area contributed by atoms with Crippen molar-refractivity contribution in [2.24, 2.45) is 4.99 Å². The Kier molecular flexibility index (Phi) is 11.4. The number of ether oxygens (including phenoxy) is 1. The highest BCUT2D eigenvalue weighted by Gasteiger charge is 2.17. The van der Waals surface area contributed by atoms with Crippen LogP contribution in [-0.4, -0.2) is 58.0 Å². The highest BCUT2D eigenvalue weighted by atomic mass is 127. The molecule has 2 rings (SSSR count). The molecule has 0 aliphatic carbocycles. The van der Waals surface area contributed by atoms with E-state index in [2.05, 4.69) is 15.0 Å². The maximum atomic E-state index is 12.4. The summed E-state index contributed by atoms with van der Waals surface area (Å²) in [6.07, 6.45) is 0. The van der Waals surface area contributed by atoms with Gasteiger partial charge in [0.2, 0.25) is 10.0 Å². The molecule has 0 fully saturated rings. The van der Waals surface area contributed by atoms with Gasteiger partial charge in [0.25, 0.3) is 5.69 Å². The topological polar surface area (TPSA) is 126 Å². The fraction of sp³-hybridized carbons (Fsp3) is 0.350. The number of methoxy groups -OCH3 is 1. The Morgan fingerprint density at radius 2 is 1.91 bits per heavy atom. The fourth-order valence-electron chi connectivity index (χ4n) is 2.74. The van der Waals surface area contributed by atoms with E-state index < -0.39 is 14.9 Å². The van der Waals surface area contributed by atoms with Crippen molar-refractivity contribution in [1.82, 2.24) is 14.9 Å². The van der Waals surface area contributed by atoms with E-state index in [1.165, 1.54) is 18.2 Å². The van der Waals surface area contributed by atoms with Gasteiger partial charge in [-0.1, -0.05) is 18.2 Å². The maximum Gasteiger partial charge on any atom is 0.270 e. The Balaban J connectivity index is 0.00000512. The molecule has 2 aromatic carbocycles. The van der Waals surface area contributed by atoms with Crippen LogP contribution in [0.2, 0.25) is 0 Å². The summed E-state index contributed by atoms with van der Waals surface area (Å²) >= 11 is 0. The summed E-state index contributed by atoms with van der Waals surface area (Å²) in [6, 6.07) is 12.6. The standard InChI is InChI=1S/C20H27N5O5S.HI/c1-4-21-20(24(2)15-16-8-10-18(30-3)11-9-16)22-12-13-23-31(28,29)19-7-5-6-17(14-19)25(26)27;/h5-11,14,23H,4,12-13,15H2,1-3H3,(H,21,22);1H. The van der Waals surface area contributed by atoms with Crippen molar-refractivity contribution < 1.29 is 18.1 Å². The highest BCUT2D eigenvalue weighted by molar-refractivity contribution is 14.0. The van der Waals surface area contributed by atoms with Crippen molar-refractivity contribution in [2.75, 3.05) is 33.8 Å². The highest BCUT2D eigenvalue weighted by Crippen LogP contribution is 2.17. The number of hydrogen-bond donors (Lipinski definition) is 2. The summed E-state index contributed by atoms with van der Waals surface area (Å²) in [7, 11) is -0.368. The van der Waals surface area contributed by atoms with E-state index in [9.17, 15) is 18.5 Å². The summed E-state index contributed by atoms with van der Waals surface area (Å²) in [5, 5.41) is 14.0. The number of nitro benzene ring substituents is 1. The minimum atomic E-state index is -3.87. The monoisotopic (exact) mass is 577 g/mol. The number of non-ortho nitro benzene ring substituents is 1. The first-order valence-corrected chi connectivity index (χ1v) is 11.1. The molecule has 0 radical (unpaired) electrons. The predicted molar refractivity (Wildman–Crippen MR) is 134 cm³/mol. The quantitative estimate of drug-likeness (QED) is 0.111. The van der Waals surface area contributed by atoms with Crippen molar-refractivity contribution in [2.45, 2.75) is 18.4 Å². The molecule has 0 bridgehead atoms. The molecule has 0 heterocycles. The van der Waals surface area contributed by atoms with E-state index in [1.807, 2.05) is 43.1 Å². The largest absolute Gasteiger partial charge is 0.497 e. The van der Waals surface area contributed by atoms with Gasteiger partial charge in [-0.05, 0) is 30.7 Å². The number of benzene rings is 2. The fourth-order valence-corrected chi connectivity index (χ4v) is 3.80. The van der Waals surface area contributed by atoms with Gasteiger partial charge in [0.1, 0.15) is 5.75 Å². The van der Waals surface area contributed by atoms with Crippen LogP contribution in [0.15, 0.2) is 58.4 Å². The van der Waals surface area contributed by atoms with Crippen LogP contribution in [0.4, 0.5) is 5.69 Å². The summed E-state index contributed by atoms with van der Waals surface area (Å²) in [5.41, 5.74) is 0.788. The third-order valence-corrected chi connectivity index (χ3v) is 5.74. The maximum absolute atomic E-state index is 12.4. The molecule has 0 saturated heterocycles. The Bertz CT molecular complexity index is 1020. The van der Waals surface area contributed by atoms with Gasteiger partial charge < -0.3 is 15.0 Å². The van der Waals surface area contributed by atoms with Crippen molar-refractivity contribution in [3.8, 4) is 5.75 Å². The minimum absolute atomic E-state index is 0. The summed E-state index contributed by atoms with van der Waals surface area (Å²) in [6.45, 7) is 3.46. The van der Waals surface area contributed by atoms with E-state index >= 15 is 0 Å². The molecule has 2 aromatic rings. The third kappa shape index (κ3) is 8.24. The van der Waals surface area contributed by atoms with Crippen LogP contribution >= 0.6 is 24.0 Å². The van der Waals surface area contributed by atoms with Gasteiger partial charge in [0.05, 0.1) is 23.5 Å². The average Bonchev–Trinajstić information content (AvgIpc) is 2.76. The Hall–Kier alpha value is -2.45. The van der Waals surface area contributed by atoms with Gasteiger partial charge in [-0.25, -0.2) is 13.1 Å². The second-order valence-electron chi connectivity index (χ2n) is 6.59. The van der Waals surface area contributed by atoms with Gasteiger partial charge in [0, 0.05) is 38.8 Å². The summed E-state index contributed by atoms with van der Waals surface area (Å²) in [4.78, 5) is 16.5. The molecule has 0 atom stereocenters. The first kappa shape index (κ1) is 27.6. The number of halogens is 1. The number of rotatable bonds is 10. The number of nitrogens with one attached hydrogen (secondary N) is 2. The molecule has 32 heavy (non-hydrogen) atoms. The zero-order valence-corrected chi connectivity index (χ0v) is 21.3. The minimum Gasteiger partial charge on any atom is -0.497 e. The Morgan fingerprint density at radius 1 is 1.22 bits per heavy atom. The van der Waals surface area contributed by atoms with Crippen LogP contribution in [0.1, 0.15) is 12.5 Å². The summed E-state index contributed by atoms with van der Waals surface area (Å²) < 4.78 is 32.4. The van der Waals surface area contributed by atoms with E-state index in [-0.39, 0.29) is 47.6 Å². The molecule has 10 nitrogen and oxygen atoms in total. The van der Waals surface area contributed by atoms with Crippen LogP contribution < -0.4 is 14.8 Å². The van der Waals surface area contributed by atoms with Crippen molar-refractivity contribution in [3.63, 3.8) is 0 Å². The normalized spacial score (nSPS) is 11.4. The van der Waals surface area contributed by atoms with E-state index in [0.717, 1.165) is 17.4 Å². The van der Waals surface area contributed by atoms with Crippen molar-refractivity contribution >= 4 is 45.6 Å². The molecule has 0 aliphatic heterocycles. The molecule has 0 aromatic heterocycles. The smallest absolute Gasteiger partial charge is 0.270 e. The Labute approximate surface area is 205 Å². The molecular formula is C20H28IN5O5S. The molecule has 0 saturated carbocycles. The number of aliphatic imine (C=N–C) groups is 1. The molecule has 0 unspecified atom stereocenters. The van der Waals surface area contributed by atoms with Crippen LogP contribution in [0.3, 0.4) is 0 Å². The van der Waals surface area contributed by atoms with Gasteiger partial charge in [-0.2, -0.15) is 0 Å². The molecule has 0 aliphatic rings. The van der Waals surface area contributed by atoms with Crippen LogP contribution in [0.5, 0.6) is 5.75 Å². The van der Waals surface area contributed by atoms with Crippen molar-refractivity contribution in [1.29, 1.82) is 0 Å². The zero-order chi connectivity index (χ0) is 22.9. The molecule has 12 heteroatoms. The zero-order valence-electron chi connectivity index (χ0n) is 18.1. The SMILES string of the molecule is CCNC(=NCCNS(=O)(=O)c1cccc([N+](=O)[O-])c1)N(C)Cc1ccc(OC)cc1.I. The molecular weight excluding hydrogens is 549 g/mol. The van der Waals surface area contributed by atoms with Gasteiger partial charge in [0.15, 0.2) is 5.96 Å². The lowest BCUT2D eigenvalue weighted by molar-refractivity contribution is -0.385. The molecule has 0 amide bonds. The predicted octanol–water partition coefficient (Wildman–Crippen LogP) is 2.60. The lowest BCUT2D eigenvalue weighted by Gasteiger charge is -2.22. The molecule has 176 valence electrons. The lowest BCUT2D eigenvalue weighted by Crippen LogP contribution is -2.39. The van der Waals surface area contributed by atoms with Gasteiger partial charge in [-0.3, -0.25) is 15.1 Å². The average molecular weight is 577 g/mol. The van der Waals surface area contributed by atoms with Gasteiger partial charge in [-0.15, -0.1) is 24.0 Å². The Morgan fingerprint density at radius 3 is 2.50 bits per heavy atom. The van der Waals surface area contributed by atoms with Crippen molar-refractivity contribution in [3.05, 3.63) is 64.2 Å². The summed E-state index contributed by atoms with van der Waals surface area (Å²) in [5.74, 6) is 1.41. The van der Waals surface area contributed by atoms with Crippen LogP contribution in [0.25, 0.3) is 0 Å². The second-order valence-corrected chi connectivity index (χ2v) is 8.36. The van der Waals surface area contributed by atoms with Crippen LogP contribution in [-0.2, 0) is 16.6 Å². The third-order valence-electron chi connectivity index (χ3n) is 4.28.